The van der Waals surface area contributed by atoms with E-state index in [0.29, 0.717) is 17.7 Å². The average molecular weight is 369 g/mol. The van der Waals surface area contributed by atoms with Gasteiger partial charge in [0.2, 0.25) is 0 Å². The number of carboxylic acid groups (broad SMARTS) is 1. The van der Waals surface area contributed by atoms with Crippen molar-refractivity contribution >= 4 is 23.3 Å². The molecule has 6 heteroatoms. The van der Waals surface area contributed by atoms with Gasteiger partial charge in [0, 0.05) is 6.42 Å². The molecule has 0 heterocycles. The number of hydrogen-bond donors (Lipinski definition) is 2. The summed E-state index contributed by atoms with van der Waals surface area (Å²) in [4.78, 5) is 35.8. The Kier molecular flexibility index (Phi) is 6.71. The van der Waals surface area contributed by atoms with Crippen molar-refractivity contribution in [2.45, 2.75) is 33.6 Å². The summed E-state index contributed by atoms with van der Waals surface area (Å²) >= 11 is 0. The van der Waals surface area contributed by atoms with Crippen molar-refractivity contribution in [2.75, 3.05) is 11.9 Å². The van der Waals surface area contributed by atoms with Gasteiger partial charge in [0.1, 0.15) is 5.75 Å². The van der Waals surface area contributed by atoms with Crippen molar-refractivity contribution in [2.24, 2.45) is 0 Å². The number of aromatic carboxylic acids is 1. The van der Waals surface area contributed by atoms with Gasteiger partial charge < -0.3 is 15.2 Å². The van der Waals surface area contributed by atoms with Gasteiger partial charge in [0.05, 0.1) is 16.8 Å². The predicted molar refractivity (Wildman–Crippen MR) is 103 cm³/mol. The maximum absolute atomic E-state index is 12.3. The summed E-state index contributed by atoms with van der Waals surface area (Å²) in [5.74, 6) is -1.31. The molecule has 2 rings (SSSR count). The molecule has 2 aromatic carbocycles. The number of rotatable bonds is 8. The summed E-state index contributed by atoms with van der Waals surface area (Å²) in [5.41, 5.74) is 2.58. The van der Waals surface area contributed by atoms with E-state index in [4.69, 9.17) is 4.74 Å². The molecule has 0 radical (unpaired) electrons. The molecule has 6 nitrogen and oxygen atoms in total. The molecule has 142 valence electrons. The number of carbonyl (C=O) groups excluding carboxylic acids is 2. The highest BCUT2D eigenvalue weighted by Crippen LogP contribution is 2.25. The first-order valence-corrected chi connectivity index (χ1v) is 8.73. The number of ketones is 1. The number of aryl methyl sites for hydroxylation is 2. The fourth-order valence-corrected chi connectivity index (χ4v) is 2.60. The van der Waals surface area contributed by atoms with Crippen LogP contribution in [0.4, 0.5) is 5.69 Å². The Balaban J connectivity index is 2.14. The van der Waals surface area contributed by atoms with Gasteiger partial charge in [0.25, 0.3) is 5.91 Å². The van der Waals surface area contributed by atoms with Crippen LogP contribution in [0.15, 0.2) is 36.4 Å². The molecule has 0 aliphatic rings. The highest BCUT2D eigenvalue weighted by molar-refractivity contribution is 6.01. The predicted octanol–water partition coefficient (Wildman–Crippen LogP) is 4.00. The minimum Gasteiger partial charge on any atom is -0.483 e. The van der Waals surface area contributed by atoms with Gasteiger partial charge in [-0.25, -0.2) is 4.79 Å². The molecule has 0 saturated heterocycles. The molecule has 0 bridgehead atoms. The number of ether oxygens (including phenoxy) is 1. The van der Waals surface area contributed by atoms with Crippen molar-refractivity contribution in [3.05, 3.63) is 58.7 Å². The van der Waals surface area contributed by atoms with Crippen LogP contribution in [0.1, 0.15) is 51.6 Å². The molecule has 27 heavy (non-hydrogen) atoms. The molecule has 2 aromatic rings. The molecule has 0 aliphatic heterocycles. The lowest BCUT2D eigenvalue weighted by molar-refractivity contribution is -0.118. The van der Waals surface area contributed by atoms with Crippen molar-refractivity contribution in [3.8, 4) is 5.75 Å². The maximum Gasteiger partial charge on any atom is 0.337 e. The Bertz CT molecular complexity index is 873. The van der Waals surface area contributed by atoms with Crippen LogP contribution in [0.2, 0.25) is 0 Å². The smallest absolute Gasteiger partial charge is 0.337 e. The molecule has 0 spiro atoms. The minimum atomic E-state index is -1.13. The SMILES string of the molecule is CCCC(=O)c1cc(C)c(C)cc1OCC(=O)Nc1ccccc1C(=O)O. The Morgan fingerprint density at radius 2 is 1.70 bits per heavy atom. The van der Waals surface area contributed by atoms with E-state index in [0.717, 1.165) is 17.5 Å². The highest BCUT2D eigenvalue weighted by atomic mass is 16.5. The summed E-state index contributed by atoms with van der Waals surface area (Å²) < 4.78 is 5.59. The zero-order chi connectivity index (χ0) is 20.0. The monoisotopic (exact) mass is 369 g/mol. The second-order valence-electron chi connectivity index (χ2n) is 6.29. The van der Waals surface area contributed by atoms with Crippen molar-refractivity contribution in [1.82, 2.24) is 0 Å². The van der Waals surface area contributed by atoms with Crippen LogP contribution in [0.3, 0.4) is 0 Å². The van der Waals surface area contributed by atoms with Crippen molar-refractivity contribution in [3.63, 3.8) is 0 Å². The maximum atomic E-state index is 12.3. The summed E-state index contributed by atoms with van der Waals surface area (Å²) in [6, 6.07) is 9.65. The zero-order valence-corrected chi connectivity index (χ0v) is 15.7. The molecular weight excluding hydrogens is 346 g/mol. The Labute approximate surface area is 158 Å². The van der Waals surface area contributed by atoms with E-state index in [1.807, 2.05) is 20.8 Å². The number of nitrogens with one attached hydrogen (secondary N) is 1. The van der Waals surface area contributed by atoms with Crippen LogP contribution < -0.4 is 10.1 Å². The van der Waals surface area contributed by atoms with Crippen LogP contribution in [0.25, 0.3) is 0 Å². The van der Waals surface area contributed by atoms with Crippen LogP contribution >= 0.6 is 0 Å². The van der Waals surface area contributed by atoms with E-state index in [1.54, 1.807) is 24.3 Å². The van der Waals surface area contributed by atoms with E-state index < -0.39 is 11.9 Å². The number of para-hydroxylation sites is 1. The first-order chi connectivity index (χ1) is 12.8. The number of anilines is 1. The van der Waals surface area contributed by atoms with Crippen molar-refractivity contribution in [1.29, 1.82) is 0 Å². The van der Waals surface area contributed by atoms with Gasteiger partial charge in [-0.2, -0.15) is 0 Å². The highest BCUT2D eigenvalue weighted by Gasteiger charge is 2.16. The fourth-order valence-electron chi connectivity index (χ4n) is 2.60. The van der Waals surface area contributed by atoms with Gasteiger partial charge in [-0.05, 0) is 55.7 Å². The molecule has 0 unspecified atom stereocenters. The molecule has 0 aromatic heterocycles. The normalized spacial score (nSPS) is 10.3. The number of benzene rings is 2. The lowest BCUT2D eigenvalue weighted by atomic mass is 10.00. The Morgan fingerprint density at radius 1 is 1.04 bits per heavy atom. The lowest BCUT2D eigenvalue weighted by Crippen LogP contribution is -2.22. The minimum absolute atomic E-state index is 0.00385. The van der Waals surface area contributed by atoms with Gasteiger partial charge in [0.15, 0.2) is 12.4 Å². The largest absolute Gasteiger partial charge is 0.483 e. The number of hydrogen-bond acceptors (Lipinski definition) is 4. The summed E-state index contributed by atoms with van der Waals surface area (Å²) in [7, 11) is 0. The fraction of sp³-hybridized carbons (Fsp3) is 0.286. The molecule has 0 aliphatic carbocycles. The summed E-state index contributed by atoms with van der Waals surface area (Å²) in [6.45, 7) is 5.41. The first kappa shape index (κ1) is 20.2. The molecule has 2 N–H and O–H groups in total. The van der Waals surface area contributed by atoms with Crippen LogP contribution in [-0.2, 0) is 4.79 Å². The van der Waals surface area contributed by atoms with Crippen LogP contribution in [-0.4, -0.2) is 29.4 Å². The molecule has 0 atom stereocenters. The standard InChI is InChI=1S/C21H23NO5/c1-4-7-18(23)16-10-13(2)14(3)11-19(16)27-12-20(24)22-17-9-6-5-8-15(17)21(25)26/h5-6,8-11H,4,7,12H2,1-3H3,(H,22,24)(H,25,26). The third-order valence-corrected chi connectivity index (χ3v) is 4.16. The van der Waals surface area contributed by atoms with Crippen LogP contribution in [0, 0.1) is 13.8 Å². The van der Waals surface area contributed by atoms with E-state index >= 15 is 0 Å². The summed E-state index contributed by atoms with van der Waals surface area (Å²) in [6.07, 6.45) is 1.12. The van der Waals surface area contributed by atoms with E-state index in [1.165, 1.54) is 12.1 Å². The average Bonchev–Trinajstić information content (AvgIpc) is 2.62. The molecule has 0 saturated carbocycles. The van der Waals surface area contributed by atoms with Gasteiger partial charge in [-0.3, -0.25) is 9.59 Å². The second-order valence-corrected chi connectivity index (χ2v) is 6.29. The van der Waals surface area contributed by atoms with E-state index in [-0.39, 0.29) is 23.6 Å². The Hall–Kier alpha value is -3.15. The zero-order valence-electron chi connectivity index (χ0n) is 15.7. The number of Topliss-reactive ketones (excluding diaryl/α,β-unsaturated/α-hetero) is 1. The quantitative estimate of drug-likeness (QED) is 0.686. The summed E-state index contributed by atoms with van der Waals surface area (Å²) in [5, 5.41) is 11.7. The van der Waals surface area contributed by atoms with Gasteiger partial charge in [-0.1, -0.05) is 19.1 Å². The second kappa shape index (κ2) is 8.98. The van der Waals surface area contributed by atoms with E-state index in [2.05, 4.69) is 5.32 Å². The first-order valence-electron chi connectivity index (χ1n) is 8.73. The molecule has 1 amide bonds. The molecule has 0 fully saturated rings. The number of amides is 1. The number of carbonyl (C=O) groups is 3. The number of carboxylic acids is 1. The third-order valence-electron chi connectivity index (χ3n) is 4.16. The van der Waals surface area contributed by atoms with Crippen LogP contribution in [0.5, 0.6) is 5.75 Å². The topological polar surface area (TPSA) is 92.7 Å². The third kappa shape index (κ3) is 5.17. The molecular formula is C21H23NO5. The lowest BCUT2D eigenvalue weighted by Gasteiger charge is -2.14. The van der Waals surface area contributed by atoms with Crippen molar-refractivity contribution < 1.29 is 24.2 Å². The van der Waals surface area contributed by atoms with Gasteiger partial charge >= 0.3 is 5.97 Å². The van der Waals surface area contributed by atoms with E-state index in [9.17, 15) is 19.5 Å². The Morgan fingerprint density at radius 3 is 2.37 bits per heavy atom. The van der Waals surface area contributed by atoms with Gasteiger partial charge in [-0.15, -0.1) is 0 Å².